The van der Waals surface area contributed by atoms with Crippen LogP contribution in [0.3, 0.4) is 0 Å². The van der Waals surface area contributed by atoms with Crippen LogP contribution in [0, 0.1) is 0 Å². The van der Waals surface area contributed by atoms with E-state index in [1.165, 1.54) is 5.57 Å². The smallest absolute Gasteiger partial charge is 0.134 e. The summed E-state index contributed by atoms with van der Waals surface area (Å²) in [6.45, 7) is 10.9. The fourth-order valence-corrected chi connectivity index (χ4v) is 1.95. The minimum absolute atomic E-state index is 0.112. The molecule has 2 heteroatoms. The van der Waals surface area contributed by atoms with E-state index in [0.29, 0.717) is 0 Å². The van der Waals surface area contributed by atoms with E-state index in [2.05, 4.69) is 50.7 Å². The number of rotatable bonds is 5. The topological polar surface area (TPSA) is 25.8 Å². The molecule has 0 bridgehead atoms. The van der Waals surface area contributed by atoms with Crippen molar-refractivity contribution in [2.45, 2.75) is 59.3 Å². The molecule has 0 N–H and O–H groups in total. The quantitative estimate of drug-likeness (QED) is 0.753. The van der Waals surface area contributed by atoms with Gasteiger partial charge in [0.15, 0.2) is 0 Å². The predicted molar refractivity (Wildman–Crippen MR) is 73.9 cm³/mol. The molecule has 1 aromatic rings. The number of hydrogen-bond acceptors (Lipinski definition) is 2. The molecule has 0 atom stereocenters. The molecule has 0 unspecified atom stereocenters. The Kier molecular flexibility index (Phi) is 4.86. The Labute approximate surface area is 105 Å². The molecule has 0 aliphatic carbocycles. The summed E-state index contributed by atoms with van der Waals surface area (Å²) in [5, 5.41) is 0. The monoisotopic (exact) mass is 232 g/mol. The maximum absolute atomic E-state index is 4.56. The fraction of sp³-hybridized carbons (Fsp3) is 0.600. The molecule has 0 amide bonds. The van der Waals surface area contributed by atoms with Gasteiger partial charge in [0.2, 0.25) is 0 Å². The van der Waals surface area contributed by atoms with E-state index in [1.54, 1.807) is 0 Å². The van der Waals surface area contributed by atoms with Crippen LogP contribution in [0.2, 0.25) is 0 Å². The predicted octanol–water partition coefficient (Wildman–Crippen LogP) is 4.37. The fourth-order valence-electron chi connectivity index (χ4n) is 1.95. The molecular weight excluding hydrogens is 208 g/mol. The van der Waals surface area contributed by atoms with Crippen LogP contribution in [0.4, 0.5) is 0 Å². The van der Waals surface area contributed by atoms with Crippen molar-refractivity contribution in [3.8, 4) is 0 Å². The van der Waals surface area contributed by atoms with Gasteiger partial charge in [-0.1, -0.05) is 33.8 Å². The highest BCUT2D eigenvalue weighted by molar-refractivity contribution is 5.63. The largest absolute Gasteiger partial charge is 0.240 e. The van der Waals surface area contributed by atoms with Crippen LogP contribution in [0.5, 0.6) is 0 Å². The summed E-state index contributed by atoms with van der Waals surface area (Å²) in [7, 11) is 0. The summed E-state index contributed by atoms with van der Waals surface area (Å²) in [4.78, 5) is 9.11. The highest BCUT2D eigenvalue weighted by Gasteiger charge is 2.25. The van der Waals surface area contributed by atoms with Crippen molar-refractivity contribution in [3.05, 3.63) is 29.9 Å². The lowest BCUT2D eigenvalue weighted by Crippen LogP contribution is -2.22. The third-order valence-corrected chi connectivity index (χ3v) is 3.85. The van der Waals surface area contributed by atoms with Gasteiger partial charge in [0, 0.05) is 23.4 Å². The number of allylic oxidation sites excluding steroid dienone is 2. The van der Waals surface area contributed by atoms with E-state index >= 15 is 0 Å². The summed E-state index contributed by atoms with van der Waals surface area (Å²) < 4.78 is 0. The number of hydrogen-bond donors (Lipinski definition) is 0. The number of aromatic nitrogens is 2. The van der Waals surface area contributed by atoms with Crippen molar-refractivity contribution in [1.29, 1.82) is 0 Å². The Morgan fingerprint density at radius 1 is 1.18 bits per heavy atom. The number of nitrogens with zero attached hydrogens (tertiary/aromatic N) is 2. The lowest BCUT2D eigenvalue weighted by atomic mass is 9.84. The zero-order valence-corrected chi connectivity index (χ0v) is 11.7. The lowest BCUT2D eigenvalue weighted by Gasteiger charge is -2.24. The average Bonchev–Trinajstić information content (AvgIpc) is 2.40. The molecule has 1 aromatic heterocycles. The first-order valence-corrected chi connectivity index (χ1v) is 6.59. The summed E-state index contributed by atoms with van der Waals surface area (Å²) in [5.74, 6) is 0.970. The van der Waals surface area contributed by atoms with Crippen molar-refractivity contribution >= 4 is 5.57 Å². The summed E-state index contributed by atoms with van der Waals surface area (Å²) in [6.07, 6.45) is 9.24. The molecule has 1 heterocycles. The van der Waals surface area contributed by atoms with Crippen molar-refractivity contribution in [2.75, 3.05) is 0 Å². The van der Waals surface area contributed by atoms with Crippen LogP contribution < -0.4 is 0 Å². The van der Waals surface area contributed by atoms with Gasteiger partial charge in [-0.25, -0.2) is 9.97 Å². The van der Waals surface area contributed by atoms with Crippen LogP contribution in [0.15, 0.2) is 18.5 Å². The van der Waals surface area contributed by atoms with E-state index in [-0.39, 0.29) is 5.41 Å². The van der Waals surface area contributed by atoms with Crippen LogP contribution in [0.1, 0.15) is 65.3 Å². The Balaban J connectivity index is 3.03. The normalized spacial score (nSPS) is 12.9. The van der Waals surface area contributed by atoms with Gasteiger partial charge in [-0.3, -0.25) is 0 Å². The van der Waals surface area contributed by atoms with Gasteiger partial charge in [-0.15, -0.1) is 0 Å². The van der Waals surface area contributed by atoms with Crippen molar-refractivity contribution in [2.24, 2.45) is 0 Å². The summed E-state index contributed by atoms with van der Waals surface area (Å²) in [5.41, 5.74) is 2.57. The highest BCUT2D eigenvalue weighted by Crippen LogP contribution is 2.28. The van der Waals surface area contributed by atoms with Gasteiger partial charge < -0.3 is 0 Å². The Morgan fingerprint density at radius 3 is 2.06 bits per heavy atom. The first kappa shape index (κ1) is 13.9. The lowest BCUT2D eigenvalue weighted by molar-refractivity contribution is 0.411. The van der Waals surface area contributed by atoms with E-state index in [9.17, 15) is 0 Å². The summed E-state index contributed by atoms with van der Waals surface area (Å²) in [6, 6.07) is 0. The van der Waals surface area contributed by atoms with Crippen LogP contribution in [-0.2, 0) is 5.41 Å². The average molecular weight is 232 g/mol. The van der Waals surface area contributed by atoms with Gasteiger partial charge in [0.1, 0.15) is 5.82 Å². The molecular formula is C15H24N2. The molecule has 0 fully saturated rings. The Bertz CT molecular complexity index is 372. The molecule has 2 nitrogen and oxygen atoms in total. The van der Waals surface area contributed by atoms with Gasteiger partial charge in [-0.2, -0.15) is 0 Å². The molecule has 0 spiro atoms. The first-order valence-electron chi connectivity index (χ1n) is 6.59. The van der Waals surface area contributed by atoms with Crippen molar-refractivity contribution in [1.82, 2.24) is 9.97 Å². The third-order valence-electron chi connectivity index (χ3n) is 3.85. The molecule has 0 radical (unpaired) electrons. The van der Waals surface area contributed by atoms with Crippen molar-refractivity contribution < 1.29 is 0 Å². The first-order chi connectivity index (χ1) is 8.11. The SMILES string of the molecule is CC=C(CC)c1cnc(C(C)(CC)CC)nc1. The molecule has 0 aliphatic rings. The second kappa shape index (κ2) is 5.95. The van der Waals surface area contributed by atoms with E-state index in [4.69, 9.17) is 0 Å². The third kappa shape index (κ3) is 2.93. The summed E-state index contributed by atoms with van der Waals surface area (Å²) >= 11 is 0. The zero-order chi connectivity index (χ0) is 12.9. The van der Waals surface area contributed by atoms with Gasteiger partial charge in [-0.05, 0) is 31.8 Å². The highest BCUT2D eigenvalue weighted by atomic mass is 14.9. The minimum Gasteiger partial charge on any atom is -0.240 e. The standard InChI is InChI=1S/C15H24N2/c1-6-12(7-2)13-10-16-14(17-11-13)15(5,8-3)9-4/h6,10-11H,7-9H2,1-5H3. The second-order valence-corrected chi connectivity index (χ2v) is 4.73. The molecule has 94 valence electrons. The molecule has 0 aliphatic heterocycles. The van der Waals surface area contributed by atoms with Gasteiger partial charge in [0.25, 0.3) is 0 Å². The van der Waals surface area contributed by atoms with E-state index in [0.717, 1.165) is 30.7 Å². The molecule has 0 saturated carbocycles. The van der Waals surface area contributed by atoms with E-state index in [1.807, 2.05) is 12.4 Å². The minimum atomic E-state index is 0.112. The maximum atomic E-state index is 4.56. The molecule has 1 rings (SSSR count). The van der Waals surface area contributed by atoms with Crippen LogP contribution >= 0.6 is 0 Å². The molecule has 0 aromatic carbocycles. The van der Waals surface area contributed by atoms with Crippen molar-refractivity contribution in [3.63, 3.8) is 0 Å². The zero-order valence-electron chi connectivity index (χ0n) is 11.7. The maximum Gasteiger partial charge on any atom is 0.134 e. The van der Waals surface area contributed by atoms with Crippen LogP contribution in [-0.4, -0.2) is 9.97 Å². The second-order valence-electron chi connectivity index (χ2n) is 4.73. The van der Waals surface area contributed by atoms with Crippen LogP contribution in [0.25, 0.3) is 5.57 Å². The van der Waals surface area contributed by atoms with E-state index < -0.39 is 0 Å². The molecule has 17 heavy (non-hydrogen) atoms. The Hall–Kier alpha value is -1.18. The molecule has 0 saturated heterocycles. The van der Waals surface area contributed by atoms with Gasteiger partial charge in [0.05, 0.1) is 0 Å². The van der Waals surface area contributed by atoms with Gasteiger partial charge >= 0.3 is 0 Å². The Morgan fingerprint density at radius 2 is 1.71 bits per heavy atom.